The number of nitrogens with zero attached hydrogens (tertiary/aromatic N) is 1. The number of hydrogen-bond acceptors (Lipinski definition) is 1. The van der Waals surface area contributed by atoms with Crippen molar-refractivity contribution in [2.24, 2.45) is 0 Å². The minimum Gasteiger partial charge on any atom is -0.345 e. The van der Waals surface area contributed by atoms with E-state index in [0.717, 1.165) is 19.6 Å². The molecular formula is C7H4ClIN2. The second-order valence-electron chi connectivity index (χ2n) is 2.19. The molecule has 0 radical (unpaired) electrons. The van der Waals surface area contributed by atoms with Crippen molar-refractivity contribution < 1.29 is 0 Å². The Hall–Kier alpha value is -0.290. The summed E-state index contributed by atoms with van der Waals surface area (Å²) in [6.45, 7) is 0. The number of nitrogens with one attached hydrogen (secondary N) is 1. The summed E-state index contributed by atoms with van der Waals surface area (Å²) in [4.78, 5) is 7.09. The fraction of sp³-hybridized carbons (Fsp3) is 0. The third-order valence-corrected chi connectivity index (χ3v) is 2.99. The van der Waals surface area contributed by atoms with E-state index in [0.29, 0.717) is 0 Å². The van der Waals surface area contributed by atoms with Gasteiger partial charge in [-0.3, -0.25) is 0 Å². The standard InChI is InChI=1S/C7H4ClIN2/c8-4-1-6-7(2-5(4)9)11-3-10-6/h1-3H,(H,10,11). The fourth-order valence-corrected chi connectivity index (χ4v) is 1.54. The molecule has 0 saturated heterocycles. The Morgan fingerprint density at radius 1 is 1.45 bits per heavy atom. The summed E-state index contributed by atoms with van der Waals surface area (Å²) in [5.74, 6) is 0. The minimum atomic E-state index is 0.766. The normalized spacial score (nSPS) is 10.7. The van der Waals surface area contributed by atoms with Crippen molar-refractivity contribution in [2.75, 3.05) is 0 Å². The Labute approximate surface area is 82.1 Å². The van der Waals surface area contributed by atoms with Crippen molar-refractivity contribution >= 4 is 45.2 Å². The highest BCUT2D eigenvalue weighted by Gasteiger charge is 2.00. The second kappa shape index (κ2) is 2.64. The largest absolute Gasteiger partial charge is 0.345 e. The lowest BCUT2D eigenvalue weighted by Crippen LogP contribution is -1.75. The summed E-state index contributed by atoms with van der Waals surface area (Å²) < 4.78 is 1.03. The van der Waals surface area contributed by atoms with Gasteiger partial charge in [0.05, 0.1) is 22.4 Å². The Morgan fingerprint density at radius 3 is 3.09 bits per heavy atom. The molecule has 1 N–H and O–H groups in total. The average molecular weight is 278 g/mol. The molecule has 0 aliphatic heterocycles. The predicted octanol–water partition coefficient (Wildman–Crippen LogP) is 2.82. The molecule has 0 unspecified atom stereocenters. The van der Waals surface area contributed by atoms with Crippen LogP contribution in [0.1, 0.15) is 0 Å². The maximum absolute atomic E-state index is 5.89. The average Bonchev–Trinajstić information content (AvgIpc) is 2.36. The molecule has 1 aromatic carbocycles. The van der Waals surface area contributed by atoms with Gasteiger partial charge in [-0.2, -0.15) is 0 Å². The summed E-state index contributed by atoms with van der Waals surface area (Å²) in [7, 11) is 0. The summed E-state index contributed by atoms with van der Waals surface area (Å²) in [5.41, 5.74) is 1.94. The number of aromatic amines is 1. The van der Waals surface area contributed by atoms with Crippen LogP contribution in [-0.2, 0) is 0 Å². The van der Waals surface area contributed by atoms with Gasteiger partial charge >= 0.3 is 0 Å². The zero-order chi connectivity index (χ0) is 7.84. The van der Waals surface area contributed by atoms with Gasteiger partial charge in [-0.1, -0.05) is 11.6 Å². The molecule has 4 heteroatoms. The van der Waals surface area contributed by atoms with E-state index in [1.807, 2.05) is 12.1 Å². The highest BCUT2D eigenvalue weighted by atomic mass is 127. The first-order valence-electron chi connectivity index (χ1n) is 3.05. The zero-order valence-corrected chi connectivity index (χ0v) is 8.35. The van der Waals surface area contributed by atoms with Crippen molar-refractivity contribution in [2.45, 2.75) is 0 Å². The summed E-state index contributed by atoms with van der Waals surface area (Å²) in [5, 5.41) is 0.766. The van der Waals surface area contributed by atoms with Gasteiger partial charge in [0.25, 0.3) is 0 Å². The lowest BCUT2D eigenvalue weighted by Gasteiger charge is -1.93. The van der Waals surface area contributed by atoms with Crippen LogP contribution in [0.25, 0.3) is 11.0 Å². The first-order valence-corrected chi connectivity index (χ1v) is 4.51. The molecule has 56 valence electrons. The predicted molar refractivity (Wildman–Crippen MR) is 53.8 cm³/mol. The van der Waals surface area contributed by atoms with Gasteiger partial charge in [0.1, 0.15) is 0 Å². The summed E-state index contributed by atoms with van der Waals surface area (Å²) in [6, 6.07) is 3.83. The summed E-state index contributed by atoms with van der Waals surface area (Å²) >= 11 is 8.07. The van der Waals surface area contributed by atoms with Gasteiger partial charge in [0, 0.05) is 3.57 Å². The third kappa shape index (κ3) is 1.22. The molecule has 0 aliphatic carbocycles. The molecule has 2 aromatic rings. The lowest BCUT2D eigenvalue weighted by molar-refractivity contribution is 1.34. The van der Waals surface area contributed by atoms with Crippen molar-refractivity contribution in [3.05, 3.63) is 27.1 Å². The first kappa shape index (κ1) is 7.36. The van der Waals surface area contributed by atoms with Crippen molar-refractivity contribution in [1.29, 1.82) is 0 Å². The monoisotopic (exact) mass is 278 g/mol. The number of rotatable bonds is 0. The third-order valence-electron chi connectivity index (χ3n) is 1.46. The number of H-pyrrole nitrogens is 1. The van der Waals surface area contributed by atoms with Gasteiger partial charge in [0.15, 0.2) is 0 Å². The maximum Gasteiger partial charge on any atom is 0.0931 e. The van der Waals surface area contributed by atoms with Crippen LogP contribution >= 0.6 is 34.2 Å². The van der Waals surface area contributed by atoms with E-state index in [2.05, 4.69) is 32.6 Å². The molecule has 1 aromatic heterocycles. The highest BCUT2D eigenvalue weighted by molar-refractivity contribution is 14.1. The van der Waals surface area contributed by atoms with Crippen molar-refractivity contribution in [3.63, 3.8) is 0 Å². The Balaban J connectivity index is 2.86. The van der Waals surface area contributed by atoms with Crippen molar-refractivity contribution in [3.8, 4) is 0 Å². The molecule has 0 atom stereocenters. The molecule has 0 spiro atoms. The molecule has 0 saturated carbocycles. The van der Waals surface area contributed by atoms with Gasteiger partial charge < -0.3 is 4.98 Å². The van der Waals surface area contributed by atoms with Crippen LogP contribution in [0.15, 0.2) is 18.5 Å². The van der Waals surface area contributed by atoms with Crippen LogP contribution in [-0.4, -0.2) is 9.97 Å². The van der Waals surface area contributed by atoms with E-state index in [1.165, 1.54) is 0 Å². The van der Waals surface area contributed by atoms with Crippen LogP contribution in [0, 0.1) is 3.57 Å². The minimum absolute atomic E-state index is 0.766. The number of fused-ring (bicyclic) bond motifs is 1. The number of imidazole rings is 1. The molecule has 11 heavy (non-hydrogen) atoms. The molecule has 0 fully saturated rings. The van der Waals surface area contributed by atoms with Gasteiger partial charge in [-0.15, -0.1) is 0 Å². The van der Waals surface area contributed by atoms with Gasteiger partial charge in [-0.25, -0.2) is 4.98 Å². The van der Waals surface area contributed by atoms with E-state index >= 15 is 0 Å². The second-order valence-corrected chi connectivity index (χ2v) is 3.76. The van der Waals surface area contributed by atoms with Gasteiger partial charge in [0.2, 0.25) is 0 Å². The van der Waals surface area contributed by atoms with E-state index in [9.17, 15) is 0 Å². The molecule has 0 aliphatic rings. The maximum atomic E-state index is 5.89. The molecule has 2 rings (SSSR count). The first-order chi connectivity index (χ1) is 5.27. The quantitative estimate of drug-likeness (QED) is 0.738. The van der Waals surface area contributed by atoms with Gasteiger partial charge in [-0.05, 0) is 34.7 Å². The van der Waals surface area contributed by atoms with Crippen LogP contribution in [0.4, 0.5) is 0 Å². The molecule has 0 bridgehead atoms. The van der Waals surface area contributed by atoms with Crippen LogP contribution in [0.3, 0.4) is 0 Å². The molecular weight excluding hydrogens is 274 g/mol. The SMILES string of the molecule is Clc1cc2[nH]cnc2cc1I. The number of halogens is 2. The van der Waals surface area contributed by atoms with E-state index in [-0.39, 0.29) is 0 Å². The van der Waals surface area contributed by atoms with Crippen LogP contribution < -0.4 is 0 Å². The van der Waals surface area contributed by atoms with Crippen LogP contribution in [0.2, 0.25) is 5.02 Å². The van der Waals surface area contributed by atoms with Crippen molar-refractivity contribution in [1.82, 2.24) is 9.97 Å². The molecule has 1 heterocycles. The zero-order valence-electron chi connectivity index (χ0n) is 5.44. The fourth-order valence-electron chi connectivity index (χ4n) is 0.930. The topological polar surface area (TPSA) is 28.7 Å². The number of benzene rings is 1. The summed E-state index contributed by atoms with van der Waals surface area (Å²) in [6.07, 6.45) is 1.66. The number of aromatic nitrogens is 2. The Kier molecular flexibility index (Phi) is 1.77. The van der Waals surface area contributed by atoms with E-state index in [4.69, 9.17) is 11.6 Å². The number of hydrogen-bond donors (Lipinski definition) is 1. The van der Waals surface area contributed by atoms with Crippen LogP contribution in [0.5, 0.6) is 0 Å². The molecule has 0 amide bonds. The highest BCUT2D eigenvalue weighted by Crippen LogP contribution is 2.22. The smallest absolute Gasteiger partial charge is 0.0931 e. The Morgan fingerprint density at radius 2 is 2.27 bits per heavy atom. The van der Waals surface area contributed by atoms with E-state index in [1.54, 1.807) is 6.33 Å². The van der Waals surface area contributed by atoms with E-state index < -0.39 is 0 Å². The Bertz CT molecular complexity index is 360. The lowest BCUT2D eigenvalue weighted by atomic mass is 10.3. The molecule has 2 nitrogen and oxygen atoms in total.